The van der Waals surface area contributed by atoms with Crippen molar-refractivity contribution in [1.29, 1.82) is 0 Å². The lowest BCUT2D eigenvalue weighted by molar-refractivity contribution is -0.384. The molecule has 3 aromatic rings. The van der Waals surface area contributed by atoms with Gasteiger partial charge >= 0.3 is 5.97 Å². The van der Waals surface area contributed by atoms with Crippen molar-refractivity contribution in [3.05, 3.63) is 94.5 Å². The Hall–Kier alpha value is -3.87. The molecular formula is C24H23NO6. The maximum Gasteiger partial charge on any atom is 0.347 e. The molecule has 1 atom stereocenters. The fourth-order valence-electron chi connectivity index (χ4n) is 2.81. The van der Waals surface area contributed by atoms with Crippen LogP contribution >= 0.6 is 0 Å². The van der Waals surface area contributed by atoms with Crippen LogP contribution in [0, 0.1) is 16.0 Å². The second kappa shape index (κ2) is 10.2. The van der Waals surface area contributed by atoms with Crippen LogP contribution in [-0.4, -0.2) is 17.0 Å². The molecule has 31 heavy (non-hydrogen) atoms. The first-order chi connectivity index (χ1) is 14.9. The molecule has 0 aliphatic heterocycles. The van der Waals surface area contributed by atoms with Gasteiger partial charge in [-0.2, -0.15) is 0 Å². The Balaban J connectivity index is 1.61. The lowest BCUT2D eigenvalue weighted by Gasteiger charge is -2.21. The fourth-order valence-corrected chi connectivity index (χ4v) is 2.81. The Morgan fingerprint density at radius 2 is 1.58 bits per heavy atom. The number of nitrogens with zero attached hydrogens (tertiary/aromatic N) is 1. The molecule has 0 saturated heterocycles. The maximum absolute atomic E-state index is 12.6. The molecule has 1 unspecified atom stereocenters. The Morgan fingerprint density at radius 1 is 0.903 bits per heavy atom. The van der Waals surface area contributed by atoms with Gasteiger partial charge in [-0.3, -0.25) is 10.1 Å². The van der Waals surface area contributed by atoms with Crippen molar-refractivity contribution in [2.24, 2.45) is 5.92 Å². The Bertz CT molecular complexity index is 1020. The van der Waals surface area contributed by atoms with E-state index in [2.05, 4.69) is 0 Å². The van der Waals surface area contributed by atoms with Gasteiger partial charge in [-0.1, -0.05) is 44.2 Å². The molecule has 7 nitrogen and oxygen atoms in total. The van der Waals surface area contributed by atoms with Gasteiger partial charge in [0.2, 0.25) is 0 Å². The van der Waals surface area contributed by atoms with Crippen molar-refractivity contribution in [3.63, 3.8) is 0 Å². The van der Waals surface area contributed by atoms with Crippen LogP contribution in [-0.2, 0) is 16.1 Å². The number of rotatable bonds is 9. The predicted molar refractivity (Wildman–Crippen MR) is 115 cm³/mol. The number of hydrogen-bond donors (Lipinski definition) is 0. The zero-order chi connectivity index (χ0) is 22.2. The standard InChI is InChI=1S/C24H23NO6/c1-17(2)23(31-21-13-11-19(12-14-21)25(27)28)24(26)29-16-18-7-6-10-22(15-18)30-20-8-4-3-5-9-20/h3-15,17,23H,16H2,1-2H3. The number of benzene rings is 3. The first-order valence-electron chi connectivity index (χ1n) is 9.82. The van der Waals surface area contributed by atoms with E-state index >= 15 is 0 Å². The largest absolute Gasteiger partial charge is 0.478 e. The normalized spacial score (nSPS) is 11.6. The topological polar surface area (TPSA) is 87.9 Å². The molecule has 0 N–H and O–H groups in total. The monoisotopic (exact) mass is 421 g/mol. The molecule has 7 heteroatoms. The lowest BCUT2D eigenvalue weighted by Crippen LogP contribution is -2.34. The van der Waals surface area contributed by atoms with Gasteiger partial charge in [-0.15, -0.1) is 0 Å². The lowest BCUT2D eigenvalue weighted by atomic mass is 10.1. The zero-order valence-electron chi connectivity index (χ0n) is 17.3. The highest BCUT2D eigenvalue weighted by atomic mass is 16.6. The smallest absolute Gasteiger partial charge is 0.347 e. The van der Waals surface area contributed by atoms with Gasteiger partial charge < -0.3 is 14.2 Å². The van der Waals surface area contributed by atoms with Gasteiger partial charge in [0.25, 0.3) is 5.69 Å². The molecule has 3 rings (SSSR count). The highest BCUT2D eigenvalue weighted by Gasteiger charge is 2.26. The summed E-state index contributed by atoms with van der Waals surface area (Å²) in [6.45, 7) is 3.74. The van der Waals surface area contributed by atoms with Crippen LogP contribution < -0.4 is 9.47 Å². The summed E-state index contributed by atoms with van der Waals surface area (Å²) in [4.78, 5) is 22.9. The number of para-hydroxylation sites is 1. The van der Waals surface area contributed by atoms with Crippen molar-refractivity contribution in [2.75, 3.05) is 0 Å². The molecule has 0 aromatic heterocycles. The average Bonchev–Trinajstić information content (AvgIpc) is 2.77. The minimum absolute atomic E-state index is 0.0476. The van der Waals surface area contributed by atoms with Crippen LogP contribution in [0.25, 0.3) is 0 Å². The van der Waals surface area contributed by atoms with E-state index in [-0.39, 0.29) is 18.2 Å². The van der Waals surface area contributed by atoms with Gasteiger partial charge in [0.1, 0.15) is 23.9 Å². The van der Waals surface area contributed by atoms with Crippen molar-refractivity contribution >= 4 is 11.7 Å². The van der Waals surface area contributed by atoms with E-state index in [4.69, 9.17) is 14.2 Å². The molecule has 0 radical (unpaired) electrons. The summed E-state index contributed by atoms with van der Waals surface area (Å²) in [7, 11) is 0. The molecule has 0 heterocycles. The van der Waals surface area contributed by atoms with Crippen LogP contribution in [0.2, 0.25) is 0 Å². The summed E-state index contributed by atoms with van der Waals surface area (Å²) in [6, 6.07) is 22.3. The highest BCUT2D eigenvalue weighted by Crippen LogP contribution is 2.23. The molecule has 0 aliphatic rings. The van der Waals surface area contributed by atoms with Crippen molar-refractivity contribution in [1.82, 2.24) is 0 Å². The number of hydrogen-bond acceptors (Lipinski definition) is 6. The molecule has 0 amide bonds. The van der Waals surface area contributed by atoms with Crippen LogP contribution in [0.4, 0.5) is 5.69 Å². The van der Waals surface area contributed by atoms with E-state index < -0.39 is 17.0 Å². The first-order valence-corrected chi connectivity index (χ1v) is 9.82. The second-order valence-electron chi connectivity index (χ2n) is 7.20. The number of nitro groups is 1. The van der Waals surface area contributed by atoms with E-state index in [0.29, 0.717) is 17.2 Å². The summed E-state index contributed by atoms with van der Waals surface area (Å²) < 4.78 is 17.0. The van der Waals surface area contributed by atoms with Gasteiger partial charge in [0.15, 0.2) is 6.10 Å². The van der Waals surface area contributed by atoms with E-state index in [1.165, 1.54) is 24.3 Å². The molecule has 3 aromatic carbocycles. The van der Waals surface area contributed by atoms with Crippen LogP contribution in [0.5, 0.6) is 17.2 Å². The van der Waals surface area contributed by atoms with Crippen molar-refractivity contribution in [3.8, 4) is 17.2 Å². The molecule has 0 aliphatic carbocycles. The van der Waals surface area contributed by atoms with Gasteiger partial charge in [-0.05, 0) is 42.0 Å². The third kappa shape index (κ3) is 6.30. The van der Waals surface area contributed by atoms with E-state index in [9.17, 15) is 14.9 Å². The SMILES string of the molecule is CC(C)C(Oc1ccc([N+](=O)[O-])cc1)C(=O)OCc1cccc(Oc2ccccc2)c1. The van der Waals surface area contributed by atoms with Crippen molar-refractivity contribution < 1.29 is 23.9 Å². The van der Waals surface area contributed by atoms with E-state index in [0.717, 1.165) is 5.56 Å². The van der Waals surface area contributed by atoms with Gasteiger partial charge in [0, 0.05) is 18.1 Å². The van der Waals surface area contributed by atoms with Crippen molar-refractivity contribution in [2.45, 2.75) is 26.6 Å². The molecule has 0 fully saturated rings. The summed E-state index contributed by atoms with van der Waals surface area (Å²) in [5, 5.41) is 10.8. The quantitative estimate of drug-likeness (QED) is 0.256. The maximum atomic E-state index is 12.6. The van der Waals surface area contributed by atoms with E-state index in [1.807, 2.05) is 68.4 Å². The zero-order valence-corrected chi connectivity index (χ0v) is 17.3. The minimum atomic E-state index is -0.842. The average molecular weight is 421 g/mol. The number of non-ortho nitro benzene ring substituents is 1. The number of carbonyl (C=O) groups excluding carboxylic acids is 1. The Kier molecular flexibility index (Phi) is 7.22. The number of ether oxygens (including phenoxy) is 3. The Labute approximate surface area is 180 Å². The first kappa shape index (κ1) is 21.8. The molecule has 0 saturated carbocycles. The summed E-state index contributed by atoms with van der Waals surface area (Å²) in [6.07, 6.45) is -0.842. The molecule has 0 bridgehead atoms. The third-order valence-electron chi connectivity index (χ3n) is 4.41. The number of nitro benzene ring substituents is 1. The van der Waals surface area contributed by atoms with Crippen LogP contribution in [0.1, 0.15) is 19.4 Å². The molecule has 160 valence electrons. The number of esters is 1. The fraction of sp³-hybridized carbons (Fsp3) is 0.208. The van der Waals surface area contributed by atoms with Gasteiger partial charge in [-0.25, -0.2) is 4.79 Å². The van der Waals surface area contributed by atoms with Crippen LogP contribution in [0.3, 0.4) is 0 Å². The Morgan fingerprint density at radius 3 is 2.23 bits per heavy atom. The predicted octanol–water partition coefficient (Wildman–Crippen LogP) is 5.53. The minimum Gasteiger partial charge on any atom is -0.478 e. The summed E-state index contributed by atoms with van der Waals surface area (Å²) >= 11 is 0. The highest BCUT2D eigenvalue weighted by molar-refractivity contribution is 5.75. The molecular weight excluding hydrogens is 398 g/mol. The second-order valence-corrected chi connectivity index (χ2v) is 7.20. The third-order valence-corrected chi connectivity index (χ3v) is 4.41. The van der Waals surface area contributed by atoms with E-state index in [1.54, 1.807) is 0 Å². The molecule has 0 spiro atoms. The van der Waals surface area contributed by atoms with Crippen LogP contribution in [0.15, 0.2) is 78.9 Å². The summed E-state index contributed by atoms with van der Waals surface area (Å²) in [5.74, 6) is 1.05. The van der Waals surface area contributed by atoms with Gasteiger partial charge in [0.05, 0.1) is 4.92 Å². The summed E-state index contributed by atoms with van der Waals surface area (Å²) in [5.41, 5.74) is 0.730. The number of carbonyl (C=O) groups is 1.